The average molecular weight is 304 g/mol. The van der Waals surface area contributed by atoms with Crippen LogP contribution in [0.1, 0.15) is 32.3 Å². The van der Waals surface area contributed by atoms with Crippen molar-refractivity contribution < 1.29 is 23.5 Å². The molecule has 0 bridgehead atoms. The zero-order valence-corrected chi connectivity index (χ0v) is 12.7. The molecule has 0 fully saturated rings. The molecule has 2 rings (SSSR count). The van der Waals surface area contributed by atoms with Crippen LogP contribution in [0.15, 0.2) is 53.3 Å². The zero-order valence-electron chi connectivity index (χ0n) is 12.7. The van der Waals surface area contributed by atoms with Crippen LogP contribution in [0.5, 0.6) is 0 Å². The van der Waals surface area contributed by atoms with E-state index in [0.717, 1.165) is 0 Å². The second kappa shape index (κ2) is 6.56. The fourth-order valence-corrected chi connectivity index (χ4v) is 2.54. The van der Waals surface area contributed by atoms with Gasteiger partial charge in [-0.1, -0.05) is 30.3 Å². The molecule has 1 aromatic carbocycles. The van der Waals surface area contributed by atoms with Gasteiger partial charge in [-0.15, -0.1) is 0 Å². The van der Waals surface area contributed by atoms with Crippen molar-refractivity contribution in [3.63, 3.8) is 0 Å². The molecule has 1 atom stereocenters. The van der Waals surface area contributed by atoms with E-state index in [0.29, 0.717) is 5.56 Å². The van der Waals surface area contributed by atoms with E-state index in [-0.39, 0.29) is 29.3 Å². The highest BCUT2D eigenvalue weighted by molar-refractivity contribution is 6.01. The summed E-state index contributed by atoms with van der Waals surface area (Å²) in [6, 6.07) is 7.78. The van der Waals surface area contributed by atoms with Gasteiger partial charge >= 0.3 is 5.97 Å². The molecule has 0 radical (unpaired) electrons. The first-order chi connectivity index (χ1) is 10.5. The molecule has 4 nitrogen and oxygen atoms in total. The summed E-state index contributed by atoms with van der Waals surface area (Å²) < 4.78 is 24.1. The Morgan fingerprint density at radius 1 is 1.23 bits per heavy atom. The average Bonchev–Trinajstić information content (AvgIpc) is 2.47. The summed E-state index contributed by atoms with van der Waals surface area (Å²) in [5, 5.41) is 0. The Bertz CT molecular complexity index is 658. The summed E-state index contributed by atoms with van der Waals surface area (Å²) in [7, 11) is 0. The number of rotatable bonds is 4. The molecule has 0 aliphatic carbocycles. The summed E-state index contributed by atoms with van der Waals surface area (Å²) in [6.07, 6.45) is 0. The Morgan fingerprint density at radius 2 is 1.86 bits per heavy atom. The third kappa shape index (κ3) is 2.93. The molecule has 5 heteroatoms. The van der Waals surface area contributed by atoms with Crippen LogP contribution >= 0.6 is 0 Å². The molecule has 0 saturated carbocycles. The van der Waals surface area contributed by atoms with E-state index >= 15 is 0 Å². The van der Waals surface area contributed by atoms with Crippen molar-refractivity contribution in [3.05, 3.63) is 58.8 Å². The molecule has 0 saturated heterocycles. The van der Waals surface area contributed by atoms with Crippen molar-refractivity contribution in [2.75, 3.05) is 6.61 Å². The minimum atomic E-state index is -1.02. The molecule has 1 aliphatic rings. The number of halogens is 1. The van der Waals surface area contributed by atoms with Crippen molar-refractivity contribution in [3.8, 4) is 0 Å². The fourth-order valence-electron chi connectivity index (χ4n) is 2.54. The Morgan fingerprint density at radius 3 is 2.41 bits per heavy atom. The number of hydrogen-bond donors (Lipinski definition) is 0. The first-order valence-electron chi connectivity index (χ1n) is 6.98. The van der Waals surface area contributed by atoms with Crippen LogP contribution in [0.25, 0.3) is 0 Å². The molecule has 1 heterocycles. The minimum Gasteiger partial charge on any atom is -0.462 e. The standard InChI is InChI=1S/C17H17FO4/c1-4-21-17(20)15-14(12-8-6-5-7-9-12)13(10(2)19)11(3)22-16(15)18/h5-9,14H,4H2,1-3H3. The summed E-state index contributed by atoms with van der Waals surface area (Å²) in [5.41, 5.74) is 0.619. The van der Waals surface area contributed by atoms with Gasteiger partial charge in [-0.05, 0) is 26.3 Å². The first kappa shape index (κ1) is 15.9. The largest absolute Gasteiger partial charge is 0.462 e. The van der Waals surface area contributed by atoms with Crippen LogP contribution in [-0.2, 0) is 19.1 Å². The van der Waals surface area contributed by atoms with Gasteiger partial charge in [0.2, 0.25) is 0 Å². The van der Waals surface area contributed by atoms with Gasteiger partial charge in [0.05, 0.1) is 12.5 Å². The van der Waals surface area contributed by atoms with Crippen molar-refractivity contribution in [1.29, 1.82) is 0 Å². The molecular formula is C17H17FO4. The molecule has 1 aromatic rings. The maximum absolute atomic E-state index is 14.3. The zero-order chi connectivity index (χ0) is 16.3. The van der Waals surface area contributed by atoms with E-state index in [1.807, 2.05) is 0 Å². The number of carbonyl (C=O) groups is 2. The highest BCUT2D eigenvalue weighted by Crippen LogP contribution is 2.41. The van der Waals surface area contributed by atoms with Crippen LogP contribution in [0.3, 0.4) is 0 Å². The van der Waals surface area contributed by atoms with Crippen LogP contribution in [0, 0.1) is 0 Å². The number of benzene rings is 1. The van der Waals surface area contributed by atoms with E-state index in [1.54, 1.807) is 37.3 Å². The number of ketones is 1. The lowest BCUT2D eigenvalue weighted by Gasteiger charge is -2.27. The molecule has 22 heavy (non-hydrogen) atoms. The highest BCUT2D eigenvalue weighted by Gasteiger charge is 2.38. The molecule has 0 aromatic heterocycles. The second-order valence-corrected chi connectivity index (χ2v) is 4.88. The highest BCUT2D eigenvalue weighted by atomic mass is 19.1. The van der Waals surface area contributed by atoms with Gasteiger partial charge in [0.1, 0.15) is 11.3 Å². The molecule has 1 aliphatic heterocycles. The Hall–Kier alpha value is -2.43. The number of allylic oxidation sites excluding steroid dienone is 2. The summed E-state index contributed by atoms with van der Waals surface area (Å²) in [5.74, 6) is -1.76. The number of hydrogen-bond acceptors (Lipinski definition) is 4. The first-order valence-corrected chi connectivity index (χ1v) is 6.98. The van der Waals surface area contributed by atoms with Gasteiger partial charge in [0.25, 0.3) is 6.01 Å². The Balaban J connectivity index is 2.62. The molecule has 0 amide bonds. The van der Waals surface area contributed by atoms with E-state index < -0.39 is 17.9 Å². The number of carbonyl (C=O) groups excluding carboxylic acids is 2. The third-order valence-electron chi connectivity index (χ3n) is 3.42. The lowest BCUT2D eigenvalue weighted by atomic mass is 9.81. The van der Waals surface area contributed by atoms with Crippen LogP contribution in [0.4, 0.5) is 4.39 Å². The van der Waals surface area contributed by atoms with Crippen molar-refractivity contribution >= 4 is 11.8 Å². The Labute approximate surface area is 128 Å². The SMILES string of the molecule is CCOC(=O)C1=C(F)OC(C)=C(C(C)=O)C1c1ccccc1. The summed E-state index contributed by atoms with van der Waals surface area (Å²) in [4.78, 5) is 24.1. The molecule has 0 spiro atoms. The van der Waals surface area contributed by atoms with Crippen molar-refractivity contribution in [1.82, 2.24) is 0 Å². The topological polar surface area (TPSA) is 52.6 Å². The van der Waals surface area contributed by atoms with Gasteiger partial charge in [-0.3, -0.25) is 4.79 Å². The third-order valence-corrected chi connectivity index (χ3v) is 3.42. The maximum Gasteiger partial charge on any atom is 0.341 e. The number of Topliss-reactive ketones (excluding diaryl/α,β-unsaturated/α-hetero) is 1. The van der Waals surface area contributed by atoms with Crippen LogP contribution < -0.4 is 0 Å². The van der Waals surface area contributed by atoms with Crippen molar-refractivity contribution in [2.24, 2.45) is 0 Å². The monoisotopic (exact) mass is 304 g/mol. The molecular weight excluding hydrogens is 287 g/mol. The van der Waals surface area contributed by atoms with Crippen LogP contribution in [-0.4, -0.2) is 18.4 Å². The van der Waals surface area contributed by atoms with Gasteiger partial charge < -0.3 is 9.47 Å². The van der Waals surface area contributed by atoms with E-state index in [1.165, 1.54) is 13.8 Å². The minimum absolute atomic E-state index is 0.106. The lowest BCUT2D eigenvalue weighted by Crippen LogP contribution is -2.25. The predicted octanol–water partition coefficient (Wildman–Crippen LogP) is 3.41. The van der Waals surface area contributed by atoms with Gasteiger partial charge in [0.15, 0.2) is 5.78 Å². The quantitative estimate of drug-likeness (QED) is 0.800. The predicted molar refractivity (Wildman–Crippen MR) is 78.4 cm³/mol. The molecule has 1 unspecified atom stereocenters. The summed E-state index contributed by atoms with van der Waals surface area (Å²) >= 11 is 0. The fraction of sp³-hybridized carbons (Fsp3) is 0.294. The number of esters is 1. The second-order valence-electron chi connectivity index (χ2n) is 4.88. The Kier molecular flexibility index (Phi) is 4.75. The normalized spacial score (nSPS) is 18.1. The van der Waals surface area contributed by atoms with Crippen LogP contribution in [0.2, 0.25) is 0 Å². The summed E-state index contributed by atoms with van der Waals surface area (Å²) in [6.45, 7) is 4.61. The van der Waals surface area contributed by atoms with E-state index in [4.69, 9.17) is 9.47 Å². The van der Waals surface area contributed by atoms with Gasteiger partial charge in [-0.25, -0.2) is 4.79 Å². The molecule has 0 N–H and O–H groups in total. The van der Waals surface area contributed by atoms with Gasteiger partial charge in [-0.2, -0.15) is 4.39 Å². The number of ether oxygens (including phenoxy) is 2. The molecule has 116 valence electrons. The van der Waals surface area contributed by atoms with Crippen molar-refractivity contribution in [2.45, 2.75) is 26.7 Å². The van der Waals surface area contributed by atoms with E-state index in [9.17, 15) is 14.0 Å². The van der Waals surface area contributed by atoms with E-state index in [2.05, 4.69) is 0 Å². The lowest BCUT2D eigenvalue weighted by molar-refractivity contribution is -0.139. The van der Waals surface area contributed by atoms with Gasteiger partial charge in [0, 0.05) is 5.57 Å². The smallest absolute Gasteiger partial charge is 0.341 e. The maximum atomic E-state index is 14.3.